The van der Waals surface area contributed by atoms with Crippen LogP contribution in [0.25, 0.3) is 11.3 Å². The van der Waals surface area contributed by atoms with Crippen molar-refractivity contribution >= 4 is 0 Å². The standard InChI is InChI=1S/C17H21N7/c1-12-20-21-16-6-5-15(11-24(12)16)19-9-14-10-23(2)22-17(14)13-4-3-7-18-8-13/h3-4,7-8,10,15,19H,5-6,9,11H2,1-2H3. The molecule has 3 aromatic heterocycles. The summed E-state index contributed by atoms with van der Waals surface area (Å²) in [6, 6.07) is 4.42. The van der Waals surface area contributed by atoms with E-state index in [-0.39, 0.29) is 0 Å². The highest BCUT2D eigenvalue weighted by molar-refractivity contribution is 5.61. The van der Waals surface area contributed by atoms with Gasteiger partial charge in [-0.1, -0.05) is 0 Å². The lowest BCUT2D eigenvalue weighted by Gasteiger charge is -2.25. The van der Waals surface area contributed by atoms with Crippen molar-refractivity contribution < 1.29 is 0 Å². The molecule has 0 bridgehead atoms. The Balaban J connectivity index is 1.48. The molecule has 0 radical (unpaired) electrons. The van der Waals surface area contributed by atoms with E-state index in [1.807, 2.05) is 37.0 Å². The van der Waals surface area contributed by atoms with Gasteiger partial charge in [0.25, 0.3) is 0 Å². The van der Waals surface area contributed by atoms with E-state index in [0.717, 1.165) is 48.8 Å². The van der Waals surface area contributed by atoms with Crippen molar-refractivity contribution in [3.05, 3.63) is 47.9 Å². The van der Waals surface area contributed by atoms with Gasteiger partial charge in [0.2, 0.25) is 0 Å². The van der Waals surface area contributed by atoms with E-state index in [9.17, 15) is 0 Å². The van der Waals surface area contributed by atoms with E-state index < -0.39 is 0 Å². The van der Waals surface area contributed by atoms with E-state index >= 15 is 0 Å². The minimum absolute atomic E-state index is 0.425. The molecule has 0 aliphatic carbocycles. The zero-order chi connectivity index (χ0) is 16.5. The van der Waals surface area contributed by atoms with E-state index in [2.05, 4.69) is 36.4 Å². The monoisotopic (exact) mass is 323 g/mol. The number of fused-ring (bicyclic) bond motifs is 1. The Labute approximate surface area is 140 Å². The van der Waals surface area contributed by atoms with Crippen molar-refractivity contribution in [1.29, 1.82) is 0 Å². The second-order valence-electron chi connectivity index (χ2n) is 6.31. The molecule has 0 spiro atoms. The number of rotatable bonds is 4. The SMILES string of the molecule is Cc1nnc2n1CC(NCc1cn(C)nc1-c1cccnc1)CC2. The molecule has 1 N–H and O–H groups in total. The molecule has 0 saturated carbocycles. The number of aryl methyl sites for hydroxylation is 3. The topological polar surface area (TPSA) is 73.5 Å². The van der Waals surface area contributed by atoms with Crippen LogP contribution in [0, 0.1) is 6.92 Å². The van der Waals surface area contributed by atoms with Crippen LogP contribution in [-0.2, 0) is 26.6 Å². The summed E-state index contributed by atoms with van der Waals surface area (Å²) in [6.45, 7) is 3.73. The van der Waals surface area contributed by atoms with Gasteiger partial charge in [-0.2, -0.15) is 5.10 Å². The fraction of sp³-hybridized carbons (Fsp3) is 0.412. The van der Waals surface area contributed by atoms with E-state index in [1.54, 1.807) is 6.20 Å². The first-order chi connectivity index (χ1) is 11.7. The molecule has 0 fully saturated rings. The molecule has 1 aliphatic rings. The molecule has 3 aromatic rings. The molecule has 1 aliphatic heterocycles. The summed E-state index contributed by atoms with van der Waals surface area (Å²) in [7, 11) is 1.96. The number of hydrogen-bond donors (Lipinski definition) is 1. The molecule has 24 heavy (non-hydrogen) atoms. The first kappa shape index (κ1) is 15.0. The maximum absolute atomic E-state index is 4.60. The molecule has 124 valence electrons. The molecule has 0 saturated heterocycles. The fourth-order valence-corrected chi connectivity index (χ4v) is 3.30. The average molecular weight is 323 g/mol. The van der Waals surface area contributed by atoms with Gasteiger partial charge in [0, 0.05) is 62.3 Å². The molecular formula is C17H21N7. The summed E-state index contributed by atoms with van der Waals surface area (Å²) >= 11 is 0. The van der Waals surface area contributed by atoms with Crippen molar-refractivity contribution in [2.45, 2.75) is 38.9 Å². The average Bonchev–Trinajstić information content (AvgIpc) is 3.17. The van der Waals surface area contributed by atoms with Crippen LogP contribution >= 0.6 is 0 Å². The van der Waals surface area contributed by atoms with Crippen molar-refractivity contribution in [3.8, 4) is 11.3 Å². The Morgan fingerprint density at radius 3 is 3.08 bits per heavy atom. The molecule has 7 heteroatoms. The first-order valence-corrected chi connectivity index (χ1v) is 8.25. The van der Waals surface area contributed by atoms with Crippen LogP contribution in [0.5, 0.6) is 0 Å². The third-order valence-corrected chi connectivity index (χ3v) is 4.55. The van der Waals surface area contributed by atoms with Crippen LogP contribution in [0.1, 0.15) is 23.6 Å². The second-order valence-corrected chi connectivity index (χ2v) is 6.31. The number of nitrogens with zero attached hydrogens (tertiary/aromatic N) is 6. The van der Waals surface area contributed by atoms with E-state index in [0.29, 0.717) is 6.04 Å². The lowest BCUT2D eigenvalue weighted by molar-refractivity contribution is 0.375. The zero-order valence-corrected chi connectivity index (χ0v) is 14.0. The fourth-order valence-electron chi connectivity index (χ4n) is 3.30. The predicted octanol–water partition coefficient (Wildman–Crippen LogP) is 1.49. The minimum atomic E-state index is 0.425. The molecule has 0 aromatic carbocycles. The lowest BCUT2D eigenvalue weighted by atomic mass is 10.1. The van der Waals surface area contributed by atoms with Gasteiger partial charge in [0.1, 0.15) is 11.6 Å². The predicted molar refractivity (Wildman–Crippen MR) is 90.1 cm³/mol. The summed E-state index contributed by atoms with van der Waals surface area (Å²) < 4.78 is 4.08. The summed E-state index contributed by atoms with van der Waals surface area (Å²) in [5.41, 5.74) is 3.24. The van der Waals surface area contributed by atoms with Crippen molar-refractivity contribution in [1.82, 2.24) is 34.8 Å². The van der Waals surface area contributed by atoms with Gasteiger partial charge in [0.15, 0.2) is 0 Å². The highest BCUT2D eigenvalue weighted by Crippen LogP contribution is 2.21. The highest BCUT2D eigenvalue weighted by Gasteiger charge is 2.21. The largest absolute Gasteiger partial charge is 0.314 e. The number of hydrogen-bond acceptors (Lipinski definition) is 5. The second kappa shape index (κ2) is 6.16. The van der Waals surface area contributed by atoms with Gasteiger partial charge >= 0.3 is 0 Å². The van der Waals surface area contributed by atoms with Crippen LogP contribution in [-0.4, -0.2) is 35.6 Å². The number of nitrogens with one attached hydrogen (secondary N) is 1. The zero-order valence-electron chi connectivity index (χ0n) is 14.0. The van der Waals surface area contributed by atoms with Crippen LogP contribution in [0.15, 0.2) is 30.7 Å². The van der Waals surface area contributed by atoms with Crippen molar-refractivity contribution in [2.24, 2.45) is 7.05 Å². The molecule has 7 nitrogen and oxygen atoms in total. The number of aromatic nitrogens is 6. The Morgan fingerprint density at radius 2 is 2.25 bits per heavy atom. The van der Waals surface area contributed by atoms with Crippen LogP contribution in [0.4, 0.5) is 0 Å². The Morgan fingerprint density at radius 1 is 1.33 bits per heavy atom. The van der Waals surface area contributed by atoms with Gasteiger partial charge in [-0.15, -0.1) is 10.2 Å². The molecule has 1 atom stereocenters. The van der Waals surface area contributed by atoms with Crippen LogP contribution < -0.4 is 5.32 Å². The third-order valence-electron chi connectivity index (χ3n) is 4.55. The van der Waals surface area contributed by atoms with Crippen molar-refractivity contribution in [3.63, 3.8) is 0 Å². The Hall–Kier alpha value is -2.54. The molecule has 4 rings (SSSR count). The number of pyridine rings is 1. The maximum atomic E-state index is 4.60. The quantitative estimate of drug-likeness (QED) is 0.787. The molecule has 1 unspecified atom stereocenters. The smallest absolute Gasteiger partial charge is 0.133 e. The van der Waals surface area contributed by atoms with Crippen LogP contribution in [0.3, 0.4) is 0 Å². The van der Waals surface area contributed by atoms with Crippen molar-refractivity contribution in [2.75, 3.05) is 0 Å². The maximum Gasteiger partial charge on any atom is 0.133 e. The molecule has 0 amide bonds. The summed E-state index contributed by atoms with van der Waals surface area (Å²) in [6.07, 6.45) is 7.78. The highest BCUT2D eigenvalue weighted by atomic mass is 15.3. The van der Waals surface area contributed by atoms with Gasteiger partial charge in [0.05, 0.1) is 5.69 Å². The minimum Gasteiger partial charge on any atom is -0.314 e. The van der Waals surface area contributed by atoms with Gasteiger partial charge in [-0.25, -0.2) is 0 Å². The van der Waals surface area contributed by atoms with E-state index in [4.69, 9.17) is 0 Å². The normalized spacial score (nSPS) is 17.0. The molecule has 4 heterocycles. The summed E-state index contributed by atoms with van der Waals surface area (Å²) in [4.78, 5) is 4.20. The molecular weight excluding hydrogens is 302 g/mol. The summed E-state index contributed by atoms with van der Waals surface area (Å²) in [5.74, 6) is 2.09. The van der Waals surface area contributed by atoms with Gasteiger partial charge in [-0.3, -0.25) is 9.67 Å². The summed E-state index contributed by atoms with van der Waals surface area (Å²) in [5, 5.41) is 16.7. The Bertz CT molecular complexity index is 834. The Kier molecular flexibility index (Phi) is 3.86. The van der Waals surface area contributed by atoms with Crippen LogP contribution in [0.2, 0.25) is 0 Å². The first-order valence-electron chi connectivity index (χ1n) is 8.25. The van der Waals surface area contributed by atoms with E-state index in [1.165, 1.54) is 5.56 Å². The van der Waals surface area contributed by atoms with Gasteiger partial charge in [-0.05, 0) is 25.5 Å². The lowest BCUT2D eigenvalue weighted by Crippen LogP contribution is -2.37. The van der Waals surface area contributed by atoms with Gasteiger partial charge < -0.3 is 9.88 Å². The third kappa shape index (κ3) is 2.82.